The van der Waals surface area contributed by atoms with Crippen LogP contribution in [0.1, 0.15) is 29.7 Å². The van der Waals surface area contributed by atoms with E-state index in [0.717, 1.165) is 29.8 Å². The molecule has 2 aromatic carbocycles. The van der Waals surface area contributed by atoms with Crippen molar-refractivity contribution in [1.29, 1.82) is 0 Å². The molecule has 1 aromatic heterocycles. The normalized spacial score (nSPS) is 13.6. The van der Waals surface area contributed by atoms with E-state index in [9.17, 15) is 0 Å². The maximum atomic E-state index is 5.55. The Morgan fingerprint density at radius 1 is 1.04 bits per heavy atom. The number of benzene rings is 2. The Morgan fingerprint density at radius 3 is 2.75 bits per heavy atom. The number of fused-ring (bicyclic) bond motifs is 2. The van der Waals surface area contributed by atoms with Gasteiger partial charge >= 0.3 is 0 Å². The van der Waals surface area contributed by atoms with Gasteiger partial charge in [-0.2, -0.15) is 0 Å². The van der Waals surface area contributed by atoms with Crippen molar-refractivity contribution in [1.82, 2.24) is 4.98 Å². The molecule has 0 bridgehead atoms. The first-order valence-corrected chi connectivity index (χ1v) is 8.58. The van der Waals surface area contributed by atoms with E-state index in [2.05, 4.69) is 48.6 Å². The van der Waals surface area contributed by atoms with Crippen LogP contribution in [-0.4, -0.2) is 12.1 Å². The van der Waals surface area contributed by atoms with Gasteiger partial charge in [-0.3, -0.25) is 4.98 Å². The molecule has 0 spiro atoms. The molecule has 0 radical (unpaired) electrons. The molecule has 1 N–H and O–H groups in total. The third-order valence-corrected chi connectivity index (χ3v) is 4.78. The number of para-hydroxylation sites is 1. The summed E-state index contributed by atoms with van der Waals surface area (Å²) in [4.78, 5) is 4.91. The van der Waals surface area contributed by atoms with Crippen LogP contribution < -0.4 is 10.1 Å². The molecular formula is C21H22N2O. The topological polar surface area (TPSA) is 34.1 Å². The van der Waals surface area contributed by atoms with Crippen LogP contribution >= 0.6 is 0 Å². The number of ether oxygens (including phenoxy) is 1. The zero-order chi connectivity index (χ0) is 16.5. The fraction of sp³-hybridized carbons (Fsp3) is 0.286. The number of nitrogens with zero attached hydrogens (tertiary/aromatic N) is 1. The quantitative estimate of drug-likeness (QED) is 0.723. The zero-order valence-electron chi connectivity index (χ0n) is 14.2. The van der Waals surface area contributed by atoms with E-state index >= 15 is 0 Å². The highest BCUT2D eigenvalue weighted by molar-refractivity contribution is 5.95. The lowest BCUT2D eigenvalue weighted by Gasteiger charge is -2.22. The number of pyridine rings is 1. The molecule has 0 unspecified atom stereocenters. The van der Waals surface area contributed by atoms with E-state index in [4.69, 9.17) is 9.72 Å². The molecule has 1 heterocycles. The summed E-state index contributed by atoms with van der Waals surface area (Å²) in [5.41, 5.74) is 7.09. The molecule has 0 atom stereocenters. The highest BCUT2D eigenvalue weighted by atomic mass is 16.5. The predicted molar refractivity (Wildman–Crippen MR) is 99.4 cm³/mol. The second kappa shape index (κ2) is 6.16. The van der Waals surface area contributed by atoms with Gasteiger partial charge in [0.05, 0.1) is 24.0 Å². The molecule has 0 saturated carbocycles. The van der Waals surface area contributed by atoms with Crippen LogP contribution in [0.25, 0.3) is 10.9 Å². The van der Waals surface area contributed by atoms with E-state index in [0.29, 0.717) is 0 Å². The van der Waals surface area contributed by atoms with Gasteiger partial charge in [-0.25, -0.2) is 0 Å². The third kappa shape index (κ3) is 2.60. The third-order valence-electron chi connectivity index (χ3n) is 4.78. The van der Waals surface area contributed by atoms with Crippen LogP contribution in [0, 0.1) is 6.92 Å². The zero-order valence-corrected chi connectivity index (χ0v) is 14.2. The standard InChI is InChI=1S/C21H22N2O/c1-14-11-12-20(24-2)19(13-14)23-21-15-7-3-5-9-17(15)22-18-10-6-4-8-16(18)21/h3,5,7,9,11-13H,4,6,8,10H2,1-2H3,(H,22,23). The molecule has 0 fully saturated rings. The summed E-state index contributed by atoms with van der Waals surface area (Å²) in [6.07, 6.45) is 4.61. The van der Waals surface area contributed by atoms with Gasteiger partial charge in [-0.1, -0.05) is 24.3 Å². The van der Waals surface area contributed by atoms with Crippen LogP contribution in [-0.2, 0) is 12.8 Å². The van der Waals surface area contributed by atoms with Gasteiger partial charge in [0.2, 0.25) is 0 Å². The lowest BCUT2D eigenvalue weighted by atomic mass is 9.92. The van der Waals surface area contributed by atoms with Crippen molar-refractivity contribution >= 4 is 22.3 Å². The second-order valence-corrected chi connectivity index (χ2v) is 6.47. The molecule has 3 heteroatoms. The number of nitrogens with one attached hydrogen (secondary N) is 1. The van der Waals surface area contributed by atoms with Gasteiger partial charge in [0.1, 0.15) is 5.75 Å². The van der Waals surface area contributed by atoms with E-state index in [1.807, 2.05) is 6.07 Å². The largest absolute Gasteiger partial charge is 0.495 e. The van der Waals surface area contributed by atoms with Crippen molar-refractivity contribution in [3.05, 3.63) is 59.3 Å². The van der Waals surface area contributed by atoms with E-state index < -0.39 is 0 Å². The summed E-state index contributed by atoms with van der Waals surface area (Å²) in [5.74, 6) is 0.867. The molecule has 1 aliphatic rings. The van der Waals surface area contributed by atoms with Gasteiger partial charge in [0, 0.05) is 11.1 Å². The van der Waals surface area contributed by atoms with Gasteiger partial charge in [-0.05, 0) is 61.9 Å². The first kappa shape index (κ1) is 15.0. The minimum Gasteiger partial charge on any atom is -0.495 e. The number of aromatic nitrogens is 1. The smallest absolute Gasteiger partial charge is 0.142 e. The van der Waals surface area contributed by atoms with Gasteiger partial charge in [0.25, 0.3) is 0 Å². The highest BCUT2D eigenvalue weighted by Gasteiger charge is 2.19. The maximum Gasteiger partial charge on any atom is 0.142 e. The number of rotatable bonds is 3. The summed E-state index contributed by atoms with van der Waals surface area (Å²) in [6.45, 7) is 2.10. The minimum absolute atomic E-state index is 0.867. The van der Waals surface area contributed by atoms with Crippen molar-refractivity contribution in [2.75, 3.05) is 12.4 Å². The Morgan fingerprint density at radius 2 is 1.88 bits per heavy atom. The molecular weight excluding hydrogens is 296 g/mol. The fourth-order valence-electron chi connectivity index (χ4n) is 3.57. The van der Waals surface area contributed by atoms with Crippen LogP contribution in [0.15, 0.2) is 42.5 Å². The fourth-order valence-corrected chi connectivity index (χ4v) is 3.57. The predicted octanol–water partition coefficient (Wildman–Crippen LogP) is 5.17. The number of hydrogen-bond acceptors (Lipinski definition) is 3. The van der Waals surface area contributed by atoms with Crippen LogP contribution in [0.3, 0.4) is 0 Å². The Bertz CT molecular complexity index is 902. The summed E-state index contributed by atoms with van der Waals surface area (Å²) in [6, 6.07) is 14.6. The van der Waals surface area contributed by atoms with Gasteiger partial charge in [-0.15, -0.1) is 0 Å². The summed E-state index contributed by atoms with van der Waals surface area (Å²) in [7, 11) is 1.72. The minimum atomic E-state index is 0.867. The van der Waals surface area contributed by atoms with Crippen LogP contribution in [0.2, 0.25) is 0 Å². The molecule has 3 aromatic rings. The van der Waals surface area contributed by atoms with Crippen molar-refractivity contribution in [2.45, 2.75) is 32.6 Å². The number of aryl methyl sites for hydroxylation is 2. The van der Waals surface area contributed by atoms with E-state index in [1.165, 1.54) is 40.7 Å². The maximum absolute atomic E-state index is 5.55. The molecule has 1 aliphatic carbocycles. The van der Waals surface area contributed by atoms with Gasteiger partial charge < -0.3 is 10.1 Å². The van der Waals surface area contributed by atoms with Crippen molar-refractivity contribution < 1.29 is 4.74 Å². The second-order valence-electron chi connectivity index (χ2n) is 6.47. The average molecular weight is 318 g/mol. The monoisotopic (exact) mass is 318 g/mol. The lowest BCUT2D eigenvalue weighted by molar-refractivity contribution is 0.416. The molecule has 0 amide bonds. The molecule has 3 nitrogen and oxygen atoms in total. The highest BCUT2D eigenvalue weighted by Crippen LogP contribution is 2.37. The van der Waals surface area contributed by atoms with Crippen LogP contribution in [0.5, 0.6) is 5.75 Å². The lowest BCUT2D eigenvalue weighted by Crippen LogP contribution is -2.10. The summed E-state index contributed by atoms with van der Waals surface area (Å²) < 4.78 is 5.55. The van der Waals surface area contributed by atoms with E-state index in [-0.39, 0.29) is 0 Å². The first-order valence-electron chi connectivity index (χ1n) is 8.58. The van der Waals surface area contributed by atoms with E-state index in [1.54, 1.807) is 7.11 Å². The number of hydrogen-bond donors (Lipinski definition) is 1. The number of anilines is 2. The SMILES string of the molecule is COc1ccc(C)cc1Nc1c2c(nc3ccccc13)CCCC2. The average Bonchev–Trinajstić information content (AvgIpc) is 2.62. The molecule has 0 saturated heterocycles. The number of methoxy groups -OCH3 is 1. The van der Waals surface area contributed by atoms with Crippen molar-refractivity contribution in [3.63, 3.8) is 0 Å². The molecule has 24 heavy (non-hydrogen) atoms. The summed E-state index contributed by atoms with van der Waals surface area (Å²) in [5, 5.41) is 4.85. The Balaban J connectivity index is 1.91. The molecule has 0 aliphatic heterocycles. The molecule has 4 rings (SSSR count). The van der Waals surface area contributed by atoms with Crippen LogP contribution in [0.4, 0.5) is 11.4 Å². The Hall–Kier alpha value is -2.55. The summed E-state index contributed by atoms with van der Waals surface area (Å²) >= 11 is 0. The Kier molecular flexibility index (Phi) is 3.85. The molecule has 122 valence electrons. The van der Waals surface area contributed by atoms with Crippen molar-refractivity contribution in [3.8, 4) is 5.75 Å². The first-order chi connectivity index (χ1) is 11.8. The van der Waals surface area contributed by atoms with Gasteiger partial charge in [0.15, 0.2) is 0 Å². The van der Waals surface area contributed by atoms with Crippen molar-refractivity contribution in [2.24, 2.45) is 0 Å². The Labute approximate surface area is 142 Å².